The molecule has 1 aliphatic rings. The van der Waals surface area contributed by atoms with Crippen LogP contribution in [0, 0.1) is 0 Å². The molecule has 0 aromatic carbocycles. The van der Waals surface area contributed by atoms with Crippen LogP contribution in [-0.4, -0.2) is 30.3 Å². The summed E-state index contributed by atoms with van der Waals surface area (Å²) >= 11 is 3.28. The molecule has 88 valence electrons. The van der Waals surface area contributed by atoms with Crippen molar-refractivity contribution in [2.75, 3.05) is 26.1 Å². The van der Waals surface area contributed by atoms with E-state index in [0.717, 1.165) is 12.8 Å². The zero-order chi connectivity index (χ0) is 11.6. The van der Waals surface area contributed by atoms with Crippen LogP contribution in [0.5, 0.6) is 0 Å². The summed E-state index contributed by atoms with van der Waals surface area (Å²) in [7, 11) is 1.67. The van der Waals surface area contributed by atoms with Crippen LogP contribution in [-0.2, 0) is 15.1 Å². The molecule has 6 heteroatoms. The molecule has 1 aromatic rings. The lowest BCUT2D eigenvalue weighted by Gasteiger charge is -2.34. The first-order chi connectivity index (χ1) is 7.68. The average molecular weight is 288 g/mol. The second-order valence-corrected chi connectivity index (χ2v) is 4.59. The van der Waals surface area contributed by atoms with Gasteiger partial charge in [0.1, 0.15) is 11.4 Å². The molecule has 5 nitrogen and oxygen atoms in total. The van der Waals surface area contributed by atoms with Gasteiger partial charge in [0.15, 0.2) is 5.82 Å². The number of hydrogen-bond acceptors (Lipinski definition) is 5. The van der Waals surface area contributed by atoms with Crippen LogP contribution < -0.4 is 5.73 Å². The highest BCUT2D eigenvalue weighted by molar-refractivity contribution is 9.10. The highest BCUT2D eigenvalue weighted by Gasteiger charge is 2.37. The maximum atomic E-state index is 5.76. The molecule has 1 fully saturated rings. The van der Waals surface area contributed by atoms with Crippen molar-refractivity contribution in [3.05, 3.63) is 16.5 Å². The lowest BCUT2D eigenvalue weighted by molar-refractivity contribution is -0.0999. The van der Waals surface area contributed by atoms with E-state index in [1.165, 1.54) is 0 Å². The molecule has 0 saturated carbocycles. The third kappa shape index (κ3) is 2.05. The number of anilines is 1. The number of ether oxygens (including phenoxy) is 2. The summed E-state index contributed by atoms with van der Waals surface area (Å²) in [5.41, 5.74) is 5.30. The van der Waals surface area contributed by atoms with Gasteiger partial charge in [0.05, 0.1) is 4.47 Å². The number of rotatable bonds is 2. The van der Waals surface area contributed by atoms with Gasteiger partial charge >= 0.3 is 0 Å². The first-order valence-corrected chi connectivity index (χ1v) is 5.89. The lowest BCUT2D eigenvalue weighted by Crippen LogP contribution is -2.37. The fraction of sp³-hybridized carbons (Fsp3) is 0.600. The first kappa shape index (κ1) is 11.8. The first-order valence-electron chi connectivity index (χ1n) is 5.09. The van der Waals surface area contributed by atoms with Crippen LogP contribution in [0.25, 0.3) is 0 Å². The molecular formula is C10H14BrN3O2. The van der Waals surface area contributed by atoms with Gasteiger partial charge in [-0.2, -0.15) is 0 Å². The molecular weight excluding hydrogens is 274 g/mol. The smallest absolute Gasteiger partial charge is 0.162 e. The lowest BCUT2D eigenvalue weighted by atomic mass is 9.93. The molecule has 0 spiro atoms. The molecule has 1 saturated heterocycles. The summed E-state index contributed by atoms with van der Waals surface area (Å²) in [5, 5.41) is 0. The number of halogens is 1. The Morgan fingerprint density at radius 3 is 2.75 bits per heavy atom. The predicted octanol–water partition coefficient (Wildman–Crippen LogP) is 1.47. The van der Waals surface area contributed by atoms with Crippen molar-refractivity contribution in [3.63, 3.8) is 0 Å². The van der Waals surface area contributed by atoms with Crippen LogP contribution in [0.4, 0.5) is 5.82 Å². The van der Waals surface area contributed by atoms with Crippen LogP contribution in [0.15, 0.2) is 10.7 Å². The summed E-state index contributed by atoms with van der Waals surface area (Å²) in [6, 6.07) is 0. The molecule has 0 unspecified atom stereocenters. The third-order valence-electron chi connectivity index (χ3n) is 2.87. The molecule has 2 heterocycles. The Morgan fingerprint density at radius 2 is 2.19 bits per heavy atom. The van der Waals surface area contributed by atoms with Gasteiger partial charge in [-0.15, -0.1) is 0 Å². The van der Waals surface area contributed by atoms with Crippen molar-refractivity contribution in [1.82, 2.24) is 9.97 Å². The topological polar surface area (TPSA) is 70.3 Å². The predicted molar refractivity (Wildman–Crippen MR) is 62.9 cm³/mol. The fourth-order valence-corrected chi connectivity index (χ4v) is 2.01. The third-order valence-corrected chi connectivity index (χ3v) is 3.48. The average Bonchev–Trinajstić information content (AvgIpc) is 2.33. The van der Waals surface area contributed by atoms with E-state index in [4.69, 9.17) is 15.2 Å². The van der Waals surface area contributed by atoms with Crippen LogP contribution in [0.3, 0.4) is 0 Å². The maximum Gasteiger partial charge on any atom is 0.162 e. The molecule has 16 heavy (non-hydrogen) atoms. The normalized spacial score (nSPS) is 19.6. The van der Waals surface area contributed by atoms with Crippen molar-refractivity contribution in [3.8, 4) is 0 Å². The van der Waals surface area contributed by atoms with Gasteiger partial charge < -0.3 is 15.2 Å². The van der Waals surface area contributed by atoms with E-state index >= 15 is 0 Å². The Hall–Kier alpha value is -0.720. The fourth-order valence-electron chi connectivity index (χ4n) is 1.82. The molecule has 0 atom stereocenters. The second kappa shape index (κ2) is 4.65. The van der Waals surface area contributed by atoms with E-state index in [9.17, 15) is 0 Å². The quantitative estimate of drug-likeness (QED) is 0.892. The molecule has 2 N–H and O–H groups in total. The largest absolute Gasteiger partial charge is 0.383 e. The van der Waals surface area contributed by atoms with Gasteiger partial charge in [0.25, 0.3) is 0 Å². The van der Waals surface area contributed by atoms with Gasteiger partial charge in [0, 0.05) is 39.4 Å². The van der Waals surface area contributed by atoms with Crippen molar-refractivity contribution in [1.29, 1.82) is 0 Å². The summed E-state index contributed by atoms with van der Waals surface area (Å²) in [6.07, 6.45) is 3.17. The summed E-state index contributed by atoms with van der Waals surface area (Å²) in [6.45, 7) is 1.32. The zero-order valence-corrected chi connectivity index (χ0v) is 10.7. The Bertz CT molecular complexity index is 380. The monoisotopic (exact) mass is 287 g/mol. The van der Waals surface area contributed by atoms with Gasteiger partial charge in [-0.25, -0.2) is 9.97 Å². The number of aromatic nitrogens is 2. The van der Waals surface area contributed by atoms with Gasteiger partial charge in [-0.3, -0.25) is 0 Å². The molecule has 0 radical (unpaired) electrons. The SMILES string of the molecule is COC1(c2ncc(Br)c(N)n2)CCOCC1. The van der Waals surface area contributed by atoms with Crippen LogP contribution in [0.2, 0.25) is 0 Å². The van der Waals surface area contributed by atoms with E-state index in [0.29, 0.717) is 29.3 Å². The summed E-state index contributed by atoms with van der Waals surface area (Å²) in [4.78, 5) is 8.57. The van der Waals surface area contributed by atoms with E-state index in [-0.39, 0.29) is 0 Å². The Balaban J connectivity index is 2.35. The van der Waals surface area contributed by atoms with Crippen molar-refractivity contribution < 1.29 is 9.47 Å². The molecule has 2 rings (SSSR count). The summed E-state index contributed by atoms with van der Waals surface area (Å²) < 4.78 is 11.6. The van der Waals surface area contributed by atoms with Crippen molar-refractivity contribution in [2.45, 2.75) is 18.4 Å². The van der Waals surface area contributed by atoms with E-state index < -0.39 is 5.60 Å². The van der Waals surface area contributed by atoms with Crippen molar-refractivity contribution >= 4 is 21.7 Å². The zero-order valence-electron chi connectivity index (χ0n) is 9.07. The number of hydrogen-bond donors (Lipinski definition) is 1. The van der Waals surface area contributed by atoms with E-state index in [1.54, 1.807) is 13.3 Å². The maximum absolute atomic E-state index is 5.76. The van der Waals surface area contributed by atoms with E-state index in [2.05, 4.69) is 25.9 Å². The molecule has 1 aromatic heterocycles. The van der Waals surface area contributed by atoms with Crippen LogP contribution >= 0.6 is 15.9 Å². The highest BCUT2D eigenvalue weighted by Crippen LogP contribution is 2.34. The number of nitrogens with two attached hydrogens (primary N) is 1. The number of methoxy groups -OCH3 is 1. The minimum Gasteiger partial charge on any atom is -0.383 e. The summed E-state index contributed by atoms with van der Waals surface area (Å²) in [5.74, 6) is 1.08. The van der Waals surface area contributed by atoms with Crippen molar-refractivity contribution in [2.24, 2.45) is 0 Å². The molecule has 0 amide bonds. The minimum absolute atomic E-state index is 0.438. The molecule has 0 aliphatic carbocycles. The Labute approximate surface area is 102 Å². The van der Waals surface area contributed by atoms with Crippen LogP contribution in [0.1, 0.15) is 18.7 Å². The molecule has 1 aliphatic heterocycles. The van der Waals surface area contributed by atoms with Gasteiger partial charge in [-0.1, -0.05) is 0 Å². The highest BCUT2D eigenvalue weighted by atomic mass is 79.9. The van der Waals surface area contributed by atoms with Gasteiger partial charge in [0.2, 0.25) is 0 Å². The minimum atomic E-state index is -0.451. The number of nitrogens with zero attached hydrogens (tertiary/aromatic N) is 2. The standard InChI is InChI=1S/C10H14BrN3O2/c1-15-10(2-4-16-5-3-10)9-13-6-7(11)8(12)14-9/h6H,2-5H2,1H3,(H2,12,13,14). The van der Waals surface area contributed by atoms with Gasteiger partial charge in [-0.05, 0) is 15.9 Å². The number of nitrogen functional groups attached to an aromatic ring is 1. The Morgan fingerprint density at radius 1 is 1.50 bits per heavy atom. The van der Waals surface area contributed by atoms with E-state index in [1.807, 2.05) is 0 Å². The molecule has 0 bridgehead atoms. The second-order valence-electron chi connectivity index (χ2n) is 3.74. The Kier molecular flexibility index (Phi) is 3.41.